The van der Waals surface area contributed by atoms with Crippen LogP contribution in [0.2, 0.25) is 5.21 Å². The Balaban J connectivity index is 3.09. The standard InChI is InChI=1S/C10H15AsO2/c1-3-11(12,13-4-2)10-8-6-5-7-9-10/h5-9H,3-4H2,1-2H3/i2D3,4D2. The van der Waals surface area contributed by atoms with Crippen molar-refractivity contribution in [2.45, 2.75) is 19.0 Å². The van der Waals surface area contributed by atoms with Crippen LogP contribution < -0.4 is 4.35 Å². The molecule has 0 aliphatic heterocycles. The molecule has 1 rings (SSSR count). The number of rotatable bonds is 4. The summed E-state index contributed by atoms with van der Waals surface area (Å²) in [5, 5.41) is 0.0951. The number of hydrogen-bond acceptors (Lipinski definition) is 2. The van der Waals surface area contributed by atoms with Gasteiger partial charge in [-0.1, -0.05) is 0 Å². The zero-order valence-corrected chi connectivity index (χ0v) is 9.23. The van der Waals surface area contributed by atoms with Crippen LogP contribution in [0.15, 0.2) is 30.3 Å². The second-order valence-electron chi connectivity index (χ2n) is 2.52. The van der Waals surface area contributed by atoms with E-state index < -0.39 is 27.2 Å². The van der Waals surface area contributed by atoms with Crippen LogP contribution >= 0.6 is 0 Å². The van der Waals surface area contributed by atoms with Crippen molar-refractivity contribution in [2.75, 3.05) is 6.56 Å². The Morgan fingerprint density at radius 1 is 1.54 bits per heavy atom. The molecule has 0 fully saturated rings. The summed E-state index contributed by atoms with van der Waals surface area (Å²) in [5.41, 5.74) is 0. The molecule has 2 nitrogen and oxygen atoms in total. The average Bonchev–Trinajstić information content (AvgIpc) is 2.28. The quantitative estimate of drug-likeness (QED) is 0.759. The van der Waals surface area contributed by atoms with Gasteiger partial charge >= 0.3 is 88.4 Å². The molecule has 0 bridgehead atoms. The molecule has 0 radical (unpaired) electrons. The molecular formula is C10H15AsO2. The normalized spacial score (nSPS) is 23.0. The van der Waals surface area contributed by atoms with Crippen molar-refractivity contribution in [3.05, 3.63) is 30.3 Å². The maximum atomic E-state index is 12.6. The van der Waals surface area contributed by atoms with Gasteiger partial charge in [0.1, 0.15) is 0 Å². The molecule has 0 amide bonds. The molecular weight excluding hydrogens is 227 g/mol. The summed E-state index contributed by atoms with van der Waals surface area (Å²) in [4.78, 5) is 0. The van der Waals surface area contributed by atoms with E-state index in [0.29, 0.717) is 4.35 Å². The van der Waals surface area contributed by atoms with Gasteiger partial charge in [-0.05, 0) is 0 Å². The van der Waals surface area contributed by atoms with E-state index in [1.165, 1.54) is 0 Å². The third kappa shape index (κ3) is 2.49. The Morgan fingerprint density at radius 3 is 2.77 bits per heavy atom. The predicted molar refractivity (Wildman–Crippen MR) is 54.6 cm³/mol. The van der Waals surface area contributed by atoms with Gasteiger partial charge in [-0.3, -0.25) is 0 Å². The summed E-state index contributed by atoms with van der Waals surface area (Å²) in [7, 11) is 0. The molecule has 1 aromatic rings. The van der Waals surface area contributed by atoms with Gasteiger partial charge in [0.05, 0.1) is 0 Å². The Hall–Kier alpha value is -0.462. The van der Waals surface area contributed by atoms with Crippen molar-refractivity contribution in [1.29, 1.82) is 0 Å². The first-order chi connectivity index (χ1) is 8.12. The molecule has 0 saturated heterocycles. The third-order valence-electron chi connectivity index (χ3n) is 1.76. The molecule has 0 aliphatic rings. The van der Waals surface area contributed by atoms with Crippen molar-refractivity contribution in [2.24, 2.45) is 0 Å². The fourth-order valence-electron chi connectivity index (χ4n) is 1.03. The fourth-order valence-corrected chi connectivity index (χ4v) is 3.91. The van der Waals surface area contributed by atoms with Gasteiger partial charge in [0.25, 0.3) is 0 Å². The summed E-state index contributed by atoms with van der Waals surface area (Å²) >= 11 is -4.21. The molecule has 0 N–H and O–H groups in total. The van der Waals surface area contributed by atoms with Crippen molar-refractivity contribution in [1.82, 2.24) is 0 Å². The van der Waals surface area contributed by atoms with Crippen LogP contribution in [-0.2, 0) is 7.47 Å². The number of hydrogen-bond donors (Lipinski definition) is 0. The molecule has 13 heavy (non-hydrogen) atoms. The van der Waals surface area contributed by atoms with E-state index in [9.17, 15) is 3.74 Å². The maximum absolute atomic E-state index is 12.6. The second-order valence-corrected chi connectivity index (χ2v) is 8.14. The number of benzene rings is 1. The first-order valence-electron chi connectivity index (χ1n) is 6.48. The van der Waals surface area contributed by atoms with Gasteiger partial charge in [-0.2, -0.15) is 0 Å². The van der Waals surface area contributed by atoms with E-state index >= 15 is 0 Å². The minimum absolute atomic E-state index is 0.0951. The Bertz CT molecular complexity index is 443. The molecule has 3 heteroatoms. The van der Waals surface area contributed by atoms with E-state index in [0.717, 1.165) is 0 Å². The molecule has 0 aliphatic carbocycles. The van der Waals surface area contributed by atoms with Gasteiger partial charge in [-0.25, -0.2) is 0 Å². The van der Waals surface area contributed by atoms with Gasteiger partial charge in [0, 0.05) is 0 Å². The van der Waals surface area contributed by atoms with Crippen molar-refractivity contribution >= 4 is 18.2 Å². The van der Waals surface area contributed by atoms with Crippen LogP contribution in [0, 0.1) is 0 Å². The molecule has 72 valence electrons. The van der Waals surface area contributed by atoms with Gasteiger partial charge in [-0.15, -0.1) is 0 Å². The average molecular weight is 247 g/mol. The molecule has 0 spiro atoms. The molecule has 1 atom stereocenters. The van der Waals surface area contributed by atoms with E-state index in [4.69, 9.17) is 10.6 Å². The van der Waals surface area contributed by atoms with Crippen LogP contribution in [0.4, 0.5) is 0 Å². The van der Waals surface area contributed by atoms with Crippen LogP contribution in [-0.4, -0.2) is 20.4 Å². The Morgan fingerprint density at radius 2 is 2.23 bits per heavy atom. The SMILES string of the molecule is [2H]C([2H])([2H])C([2H])([2H])O[As](=O)(CC)c1ccccc1. The summed E-state index contributed by atoms with van der Waals surface area (Å²) in [5.74, 6) is 0. The van der Waals surface area contributed by atoms with E-state index in [2.05, 4.69) is 0 Å². The molecule has 0 saturated carbocycles. The summed E-state index contributed by atoms with van der Waals surface area (Å²) in [6.07, 6.45) is 0. The second kappa shape index (κ2) is 4.69. The first-order valence-corrected chi connectivity index (χ1v) is 7.77. The zero-order valence-electron chi connectivity index (χ0n) is 12.4. The van der Waals surface area contributed by atoms with Crippen LogP contribution in [0.1, 0.15) is 20.6 Å². The third-order valence-corrected chi connectivity index (χ3v) is 6.59. The van der Waals surface area contributed by atoms with Crippen LogP contribution in [0.25, 0.3) is 0 Å². The van der Waals surface area contributed by atoms with Gasteiger partial charge < -0.3 is 0 Å². The monoisotopic (exact) mass is 247 g/mol. The molecule has 1 aromatic carbocycles. The van der Waals surface area contributed by atoms with Gasteiger partial charge in [0.15, 0.2) is 0 Å². The van der Waals surface area contributed by atoms with Crippen LogP contribution in [0.3, 0.4) is 0 Å². The van der Waals surface area contributed by atoms with E-state index in [1.807, 2.05) is 0 Å². The summed E-state index contributed by atoms with van der Waals surface area (Å²) in [6, 6.07) is 8.19. The minimum atomic E-state index is -4.21. The summed E-state index contributed by atoms with van der Waals surface area (Å²) in [6.45, 7) is -4.27. The topological polar surface area (TPSA) is 26.3 Å². The molecule has 0 heterocycles. The van der Waals surface area contributed by atoms with E-state index in [-0.39, 0.29) is 5.21 Å². The Kier molecular flexibility index (Phi) is 1.96. The fraction of sp³-hybridized carbons (Fsp3) is 0.400. The Labute approximate surface area is 89.0 Å². The summed E-state index contributed by atoms with van der Waals surface area (Å²) < 4.78 is 53.9. The first kappa shape index (κ1) is 5.43. The van der Waals surface area contributed by atoms with Crippen molar-refractivity contribution in [3.63, 3.8) is 0 Å². The molecule has 1 unspecified atom stereocenters. The van der Waals surface area contributed by atoms with E-state index in [1.54, 1.807) is 37.3 Å². The molecule has 0 aromatic heterocycles. The van der Waals surface area contributed by atoms with Crippen molar-refractivity contribution in [3.8, 4) is 0 Å². The predicted octanol–water partition coefficient (Wildman–Crippen LogP) is 1.82. The van der Waals surface area contributed by atoms with Crippen molar-refractivity contribution < 1.29 is 14.3 Å². The van der Waals surface area contributed by atoms with Crippen LogP contribution in [0.5, 0.6) is 0 Å². The van der Waals surface area contributed by atoms with Gasteiger partial charge in [0.2, 0.25) is 0 Å². The zero-order chi connectivity index (χ0) is 14.0.